The van der Waals surface area contributed by atoms with Crippen molar-refractivity contribution in [1.29, 1.82) is 0 Å². The van der Waals surface area contributed by atoms with E-state index in [1.54, 1.807) is 24.4 Å². The summed E-state index contributed by atoms with van der Waals surface area (Å²) in [5.74, 6) is -0.159. The number of nitrogens with one attached hydrogen (secondary N) is 1. The third-order valence-electron chi connectivity index (χ3n) is 2.95. The van der Waals surface area contributed by atoms with Gasteiger partial charge in [-0.3, -0.25) is 4.79 Å². The molecule has 0 spiro atoms. The van der Waals surface area contributed by atoms with E-state index in [0.717, 1.165) is 13.0 Å². The Morgan fingerprint density at radius 2 is 1.95 bits per heavy atom. The third kappa shape index (κ3) is 6.09. The molecule has 0 unspecified atom stereocenters. The van der Waals surface area contributed by atoms with Gasteiger partial charge in [0.1, 0.15) is 5.75 Å². The van der Waals surface area contributed by atoms with Gasteiger partial charge >= 0.3 is 0 Å². The first-order valence-electron chi connectivity index (χ1n) is 6.98. The Morgan fingerprint density at radius 3 is 2.68 bits per heavy atom. The van der Waals surface area contributed by atoms with Crippen LogP contribution in [0, 0.1) is 0 Å². The molecular formula is C16H23NO2. The van der Waals surface area contributed by atoms with E-state index in [4.69, 9.17) is 0 Å². The van der Waals surface area contributed by atoms with Crippen molar-refractivity contribution in [2.75, 3.05) is 6.54 Å². The van der Waals surface area contributed by atoms with Crippen LogP contribution in [0.15, 0.2) is 36.5 Å². The lowest BCUT2D eigenvalue weighted by atomic mass is 10.1. The summed E-state index contributed by atoms with van der Waals surface area (Å²) >= 11 is 0. The summed E-state index contributed by atoms with van der Waals surface area (Å²) in [7, 11) is 0. The largest absolute Gasteiger partial charge is 0.507 e. The van der Waals surface area contributed by atoms with Gasteiger partial charge in [-0.1, -0.05) is 44.7 Å². The molecule has 1 rings (SSSR count). The molecule has 1 aromatic carbocycles. The number of aromatic hydroxyl groups is 1. The molecule has 104 valence electrons. The zero-order valence-electron chi connectivity index (χ0n) is 11.6. The zero-order chi connectivity index (χ0) is 13.9. The smallest absolute Gasteiger partial charge is 0.190 e. The number of rotatable bonds is 9. The van der Waals surface area contributed by atoms with Crippen molar-refractivity contribution in [2.45, 2.75) is 39.0 Å². The number of phenolic OH excluding ortho intramolecular Hbond substituents is 1. The number of carbonyl (C=O) groups excluding carboxylic acids is 1. The molecule has 0 bridgehead atoms. The molecule has 0 aliphatic rings. The lowest BCUT2D eigenvalue weighted by Gasteiger charge is -2.01. The van der Waals surface area contributed by atoms with Gasteiger partial charge in [-0.2, -0.15) is 0 Å². The molecular weight excluding hydrogens is 238 g/mol. The minimum atomic E-state index is -0.184. The highest BCUT2D eigenvalue weighted by Gasteiger charge is 2.05. The standard InChI is InChI=1S/C16H23NO2/c1-2-3-4-5-8-12-17-13-11-16(19)14-9-6-7-10-15(14)18/h6-7,9-11,13,17-18H,2-5,8,12H2,1H3/b13-11+. The molecule has 3 heteroatoms. The number of para-hydroxylation sites is 1. The fourth-order valence-electron chi connectivity index (χ4n) is 1.82. The number of hydrogen-bond donors (Lipinski definition) is 2. The number of ketones is 1. The summed E-state index contributed by atoms with van der Waals surface area (Å²) in [5.41, 5.74) is 0.337. The van der Waals surface area contributed by atoms with Crippen molar-refractivity contribution in [2.24, 2.45) is 0 Å². The maximum atomic E-state index is 11.8. The monoisotopic (exact) mass is 261 g/mol. The van der Waals surface area contributed by atoms with Crippen molar-refractivity contribution < 1.29 is 9.90 Å². The third-order valence-corrected chi connectivity index (χ3v) is 2.95. The highest BCUT2D eigenvalue weighted by molar-refractivity contribution is 6.06. The minimum Gasteiger partial charge on any atom is -0.507 e. The molecule has 0 amide bonds. The number of hydrogen-bond acceptors (Lipinski definition) is 3. The van der Waals surface area contributed by atoms with Crippen LogP contribution >= 0.6 is 0 Å². The predicted molar refractivity (Wildman–Crippen MR) is 78.3 cm³/mol. The van der Waals surface area contributed by atoms with Crippen LogP contribution < -0.4 is 5.32 Å². The van der Waals surface area contributed by atoms with Crippen molar-refractivity contribution in [3.8, 4) is 5.75 Å². The lowest BCUT2D eigenvalue weighted by Crippen LogP contribution is -2.08. The molecule has 0 aliphatic heterocycles. The Bertz CT molecular complexity index is 413. The van der Waals surface area contributed by atoms with Gasteiger partial charge in [0.05, 0.1) is 5.56 Å². The Morgan fingerprint density at radius 1 is 1.21 bits per heavy atom. The van der Waals surface area contributed by atoms with Crippen LogP contribution in [0.25, 0.3) is 0 Å². The van der Waals surface area contributed by atoms with Crippen molar-refractivity contribution in [1.82, 2.24) is 5.32 Å². The fraction of sp³-hybridized carbons (Fsp3) is 0.438. The van der Waals surface area contributed by atoms with Gasteiger partial charge in [-0.25, -0.2) is 0 Å². The van der Waals surface area contributed by atoms with E-state index in [-0.39, 0.29) is 11.5 Å². The molecule has 1 aromatic rings. The van der Waals surface area contributed by atoms with Gasteiger partial charge in [-0.15, -0.1) is 0 Å². The van der Waals surface area contributed by atoms with E-state index < -0.39 is 0 Å². The van der Waals surface area contributed by atoms with Crippen LogP contribution in [0.1, 0.15) is 49.4 Å². The molecule has 0 atom stereocenters. The second-order valence-electron chi connectivity index (χ2n) is 4.58. The van der Waals surface area contributed by atoms with Gasteiger partial charge < -0.3 is 10.4 Å². The number of carbonyl (C=O) groups is 1. The molecule has 3 nitrogen and oxygen atoms in total. The van der Waals surface area contributed by atoms with Crippen molar-refractivity contribution in [3.05, 3.63) is 42.1 Å². The molecule has 19 heavy (non-hydrogen) atoms. The summed E-state index contributed by atoms with van der Waals surface area (Å²) in [5, 5.41) is 12.6. The molecule has 0 saturated carbocycles. The first-order valence-corrected chi connectivity index (χ1v) is 6.98. The average Bonchev–Trinajstić information content (AvgIpc) is 2.42. The van der Waals surface area contributed by atoms with E-state index in [0.29, 0.717) is 5.56 Å². The van der Waals surface area contributed by atoms with E-state index in [9.17, 15) is 9.90 Å². The highest BCUT2D eigenvalue weighted by atomic mass is 16.3. The Balaban J connectivity index is 2.22. The molecule has 0 heterocycles. The topological polar surface area (TPSA) is 49.3 Å². The second kappa shape index (κ2) is 9.20. The normalized spacial score (nSPS) is 10.8. The first kappa shape index (κ1) is 15.3. The van der Waals surface area contributed by atoms with Crippen LogP contribution in [0.3, 0.4) is 0 Å². The summed E-state index contributed by atoms with van der Waals surface area (Å²) in [6, 6.07) is 6.57. The van der Waals surface area contributed by atoms with Crippen LogP contribution in [0.5, 0.6) is 5.75 Å². The van der Waals surface area contributed by atoms with E-state index in [1.165, 1.54) is 37.8 Å². The van der Waals surface area contributed by atoms with Crippen LogP contribution in [-0.4, -0.2) is 17.4 Å². The summed E-state index contributed by atoms with van der Waals surface area (Å²) in [6.07, 6.45) is 9.29. The molecule has 0 aliphatic carbocycles. The van der Waals surface area contributed by atoms with E-state index in [2.05, 4.69) is 12.2 Å². The number of benzene rings is 1. The number of allylic oxidation sites excluding steroid dienone is 1. The lowest BCUT2D eigenvalue weighted by molar-refractivity contribution is 0.104. The SMILES string of the molecule is CCCCCCCN/C=C/C(=O)c1ccccc1O. The summed E-state index contributed by atoms with van der Waals surface area (Å²) < 4.78 is 0. The quantitative estimate of drug-likeness (QED) is 0.405. The molecule has 2 N–H and O–H groups in total. The first-order chi connectivity index (χ1) is 9.25. The Kier molecular flexibility index (Phi) is 7.40. The van der Waals surface area contributed by atoms with E-state index >= 15 is 0 Å². The predicted octanol–water partition coefficient (Wildman–Crippen LogP) is 3.65. The zero-order valence-corrected chi connectivity index (χ0v) is 11.6. The molecule has 0 aromatic heterocycles. The van der Waals surface area contributed by atoms with Crippen molar-refractivity contribution >= 4 is 5.78 Å². The summed E-state index contributed by atoms with van der Waals surface area (Å²) in [4.78, 5) is 11.8. The second-order valence-corrected chi connectivity index (χ2v) is 4.58. The van der Waals surface area contributed by atoms with Gasteiger partial charge in [-0.05, 0) is 18.6 Å². The average molecular weight is 261 g/mol. The van der Waals surface area contributed by atoms with E-state index in [1.807, 2.05) is 0 Å². The maximum Gasteiger partial charge on any atom is 0.190 e. The van der Waals surface area contributed by atoms with Gasteiger partial charge in [0.2, 0.25) is 0 Å². The van der Waals surface area contributed by atoms with Crippen molar-refractivity contribution in [3.63, 3.8) is 0 Å². The number of unbranched alkanes of at least 4 members (excludes halogenated alkanes) is 4. The molecule has 0 radical (unpaired) electrons. The summed E-state index contributed by atoms with van der Waals surface area (Å²) in [6.45, 7) is 3.08. The molecule has 0 saturated heterocycles. The molecule has 0 fully saturated rings. The number of phenols is 1. The fourth-order valence-corrected chi connectivity index (χ4v) is 1.82. The Labute approximate surface area is 115 Å². The maximum absolute atomic E-state index is 11.8. The van der Waals surface area contributed by atoms with Crippen LogP contribution in [0.2, 0.25) is 0 Å². The van der Waals surface area contributed by atoms with Crippen LogP contribution in [0.4, 0.5) is 0 Å². The van der Waals surface area contributed by atoms with Gasteiger partial charge in [0.25, 0.3) is 0 Å². The highest BCUT2D eigenvalue weighted by Crippen LogP contribution is 2.16. The van der Waals surface area contributed by atoms with Crippen LogP contribution in [-0.2, 0) is 0 Å². The Hall–Kier alpha value is -1.77. The van der Waals surface area contributed by atoms with Gasteiger partial charge in [0.15, 0.2) is 5.78 Å². The van der Waals surface area contributed by atoms with Gasteiger partial charge in [0, 0.05) is 18.8 Å². The minimum absolute atomic E-state index is 0.0247.